The molecule has 0 radical (unpaired) electrons. The van der Waals surface area contributed by atoms with Gasteiger partial charge in [-0.3, -0.25) is 4.79 Å². The van der Waals surface area contributed by atoms with Crippen molar-refractivity contribution < 1.29 is 14.6 Å². The van der Waals surface area contributed by atoms with Crippen molar-refractivity contribution in [1.29, 1.82) is 0 Å². The molecular formula is C15H21BrN2O3. The highest BCUT2D eigenvalue weighted by molar-refractivity contribution is 9.10. The van der Waals surface area contributed by atoms with Crippen LogP contribution in [-0.4, -0.2) is 42.9 Å². The first-order chi connectivity index (χ1) is 10.0. The molecule has 2 rings (SSSR count). The third-order valence-electron chi connectivity index (χ3n) is 3.37. The maximum absolute atomic E-state index is 11.1. The zero-order valence-corrected chi connectivity index (χ0v) is 13.6. The zero-order chi connectivity index (χ0) is 15.2. The molecule has 1 fully saturated rings. The van der Waals surface area contributed by atoms with Crippen molar-refractivity contribution in [2.24, 2.45) is 0 Å². The van der Waals surface area contributed by atoms with E-state index in [9.17, 15) is 9.90 Å². The van der Waals surface area contributed by atoms with Crippen molar-refractivity contribution in [2.45, 2.75) is 31.9 Å². The summed E-state index contributed by atoms with van der Waals surface area (Å²) in [4.78, 5) is 11.1. The van der Waals surface area contributed by atoms with E-state index in [1.807, 2.05) is 25.1 Å². The van der Waals surface area contributed by atoms with Crippen LogP contribution in [0.2, 0.25) is 0 Å². The van der Waals surface area contributed by atoms with Crippen LogP contribution in [0.5, 0.6) is 5.75 Å². The number of amides is 1. The lowest BCUT2D eigenvalue weighted by Crippen LogP contribution is -2.40. The minimum absolute atomic E-state index is 0.106. The Morgan fingerprint density at radius 1 is 1.57 bits per heavy atom. The van der Waals surface area contributed by atoms with Gasteiger partial charge in [-0.2, -0.15) is 0 Å². The van der Waals surface area contributed by atoms with E-state index in [1.165, 1.54) is 0 Å². The molecule has 0 bridgehead atoms. The lowest BCUT2D eigenvalue weighted by molar-refractivity contribution is -0.119. The summed E-state index contributed by atoms with van der Waals surface area (Å²) in [5.41, 5.74) is 1.15. The number of carbonyl (C=O) groups excluding carboxylic acids is 1. The second kappa shape index (κ2) is 7.77. The van der Waals surface area contributed by atoms with Gasteiger partial charge in [-0.25, -0.2) is 0 Å². The van der Waals surface area contributed by atoms with E-state index < -0.39 is 6.10 Å². The Labute approximate surface area is 133 Å². The topological polar surface area (TPSA) is 70.6 Å². The number of benzene rings is 1. The molecule has 1 aromatic rings. The SMILES string of the molecule is Cc1ccc(OCC(O)CNCC2CCC(=O)N2)c(Br)c1. The van der Waals surface area contributed by atoms with Gasteiger partial charge in [-0.1, -0.05) is 6.07 Å². The smallest absolute Gasteiger partial charge is 0.220 e. The van der Waals surface area contributed by atoms with Gasteiger partial charge in [-0.15, -0.1) is 0 Å². The number of nitrogens with one attached hydrogen (secondary N) is 2. The quantitative estimate of drug-likeness (QED) is 0.689. The maximum Gasteiger partial charge on any atom is 0.220 e. The van der Waals surface area contributed by atoms with Gasteiger partial charge in [-0.05, 0) is 47.0 Å². The maximum atomic E-state index is 11.1. The summed E-state index contributed by atoms with van der Waals surface area (Å²) in [5, 5.41) is 15.9. The van der Waals surface area contributed by atoms with Crippen molar-refractivity contribution in [3.8, 4) is 5.75 Å². The van der Waals surface area contributed by atoms with Gasteiger partial charge in [0.25, 0.3) is 0 Å². The van der Waals surface area contributed by atoms with E-state index in [1.54, 1.807) is 0 Å². The lowest BCUT2D eigenvalue weighted by Gasteiger charge is -2.16. The summed E-state index contributed by atoms with van der Waals surface area (Å²) in [5.74, 6) is 0.831. The summed E-state index contributed by atoms with van der Waals surface area (Å²) < 4.78 is 6.47. The minimum atomic E-state index is -0.588. The Balaban J connectivity index is 1.65. The van der Waals surface area contributed by atoms with Gasteiger partial charge in [0, 0.05) is 25.6 Å². The predicted molar refractivity (Wildman–Crippen MR) is 84.4 cm³/mol. The highest BCUT2D eigenvalue weighted by Gasteiger charge is 2.20. The number of ether oxygens (including phenoxy) is 1. The minimum Gasteiger partial charge on any atom is -0.490 e. The number of rotatable bonds is 7. The van der Waals surface area contributed by atoms with Crippen molar-refractivity contribution >= 4 is 21.8 Å². The summed E-state index contributed by atoms with van der Waals surface area (Å²) in [6.07, 6.45) is 0.865. The molecule has 3 N–H and O–H groups in total. The van der Waals surface area contributed by atoms with Crippen LogP contribution in [0.4, 0.5) is 0 Å². The van der Waals surface area contributed by atoms with Gasteiger partial charge in [0.15, 0.2) is 0 Å². The molecule has 1 aliphatic rings. The first-order valence-corrected chi connectivity index (χ1v) is 7.91. The monoisotopic (exact) mass is 356 g/mol. The molecule has 5 nitrogen and oxygen atoms in total. The normalized spacial score (nSPS) is 19.4. The number of aliphatic hydroxyl groups is 1. The average molecular weight is 357 g/mol. The largest absolute Gasteiger partial charge is 0.490 e. The first kappa shape index (κ1) is 16.3. The van der Waals surface area contributed by atoms with Gasteiger partial charge >= 0.3 is 0 Å². The Morgan fingerprint density at radius 3 is 3.05 bits per heavy atom. The molecule has 0 aliphatic carbocycles. The summed E-state index contributed by atoms with van der Waals surface area (Å²) in [7, 11) is 0. The molecule has 21 heavy (non-hydrogen) atoms. The standard InChI is InChI=1S/C15H21BrN2O3/c1-10-2-4-14(13(16)6-10)21-9-12(19)8-17-7-11-3-5-15(20)18-11/h2,4,6,11-12,17,19H,3,5,7-9H2,1H3,(H,18,20). The van der Waals surface area contributed by atoms with Gasteiger partial charge in [0.05, 0.1) is 4.47 Å². The highest BCUT2D eigenvalue weighted by atomic mass is 79.9. The summed E-state index contributed by atoms with van der Waals surface area (Å²) >= 11 is 3.44. The van der Waals surface area contributed by atoms with E-state index in [0.717, 1.165) is 22.2 Å². The van der Waals surface area contributed by atoms with Gasteiger partial charge in [0.1, 0.15) is 18.5 Å². The van der Waals surface area contributed by atoms with E-state index in [0.29, 0.717) is 19.5 Å². The van der Waals surface area contributed by atoms with Gasteiger partial charge < -0.3 is 20.5 Å². The average Bonchev–Trinajstić information content (AvgIpc) is 2.83. The molecule has 1 amide bonds. The highest BCUT2D eigenvalue weighted by Crippen LogP contribution is 2.25. The van der Waals surface area contributed by atoms with Crippen molar-refractivity contribution in [2.75, 3.05) is 19.7 Å². The zero-order valence-electron chi connectivity index (χ0n) is 12.1. The third-order valence-corrected chi connectivity index (χ3v) is 3.99. The predicted octanol–water partition coefficient (Wildman–Crippen LogP) is 1.37. The molecule has 1 saturated heterocycles. The second-order valence-electron chi connectivity index (χ2n) is 5.36. The number of aliphatic hydroxyl groups excluding tert-OH is 1. The Bertz CT molecular complexity index is 496. The van der Waals surface area contributed by atoms with Crippen LogP contribution in [0.15, 0.2) is 22.7 Å². The number of aryl methyl sites for hydroxylation is 1. The summed E-state index contributed by atoms with van der Waals surface area (Å²) in [6, 6.07) is 6.00. The molecule has 2 atom stereocenters. The molecule has 1 aromatic carbocycles. The van der Waals surface area contributed by atoms with E-state index >= 15 is 0 Å². The number of hydrogen-bond acceptors (Lipinski definition) is 4. The molecule has 2 unspecified atom stereocenters. The van der Waals surface area contributed by atoms with Gasteiger partial charge in [0.2, 0.25) is 5.91 Å². The molecule has 6 heteroatoms. The number of carbonyl (C=O) groups is 1. The van der Waals surface area contributed by atoms with Crippen molar-refractivity contribution in [3.63, 3.8) is 0 Å². The second-order valence-corrected chi connectivity index (χ2v) is 6.21. The summed E-state index contributed by atoms with van der Waals surface area (Å²) in [6.45, 7) is 3.35. The van der Waals surface area contributed by atoms with E-state index in [4.69, 9.17) is 4.74 Å². The molecule has 1 heterocycles. The Kier molecular flexibility index (Phi) is 6.02. The molecule has 0 aromatic heterocycles. The van der Waals surface area contributed by atoms with Crippen LogP contribution in [0.1, 0.15) is 18.4 Å². The number of hydrogen-bond donors (Lipinski definition) is 3. The Morgan fingerprint density at radius 2 is 2.38 bits per heavy atom. The third kappa shape index (κ3) is 5.30. The van der Waals surface area contributed by atoms with Crippen LogP contribution in [0.25, 0.3) is 0 Å². The fourth-order valence-electron chi connectivity index (χ4n) is 2.22. The fraction of sp³-hybridized carbons (Fsp3) is 0.533. The number of halogens is 1. The van der Waals surface area contributed by atoms with E-state index in [2.05, 4.69) is 26.6 Å². The Hall–Kier alpha value is -1.11. The van der Waals surface area contributed by atoms with E-state index in [-0.39, 0.29) is 18.6 Å². The molecule has 116 valence electrons. The first-order valence-electron chi connectivity index (χ1n) is 7.11. The van der Waals surface area contributed by atoms with Crippen LogP contribution in [0, 0.1) is 6.92 Å². The van der Waals surface area contributed by atoms with Crippen LogP contribution < -0.4 is 15.4 Å². The molecular weight excluding hydrogens is 336 g/mol. The fourth-order valence-corrected chi connectivity index (χ4v) is 2.83. The molecule has 0 spiro atoms. The molecule has 0 saturated carbocycles. The van der Waals surface area contributed by atoms with Crippen molar-refractivity contribution in [1.82, 2.24) is 10.6 Å². The van der Waals surface area contributed by atoms with Crippen LogP contribution in [-0.2, 0) is 4.79 Å². The van der Waals surface area contributed by atoms with Crippen LogP contribution >= 0.6 is 15.9 Å². The molecule has 1 aliphatic heterocycles. The lowest BCUT2D eigenvalue weighted by atomic mass is 10.2. The van der Waals surface area contributed by atoms with Crippen LogP contribution in [0.3, 0.4) is 0 Å². The van der Waals surface area contributed by atoms with Crippen molar-refractivity contribution in [3.05, 3.63) is 28.2 Å².